The number of hydrogen-bond donors (Lipinski definition) is 0. The molecule has 0 amide bonds. The van der Waals surface area contributed by atoms with E-state index in [1.807, 2.05) is 48.5 Å². The van der Waals surface area contributed by atoms with Gasteiger partial charge in [0.2, 0.25) is 5.95 Å². The average molecular weight is 641 g/mol. The molecule has 0 radical (unpaired) electrons. The van der Waals surface area contributed by atoms with Crippen LogP contribution in [0.3, 0.4) is 0 Å². The highest BCUT2D eigenvalue weighted by Gasteiger charge is 2.20. The molecule has 5 heteroatoms. The van der Waals surface area contributed by atoms with Crippen LogP contribution in [0.25, 0.3) is 94.7 Å². The van der Waals surface area contributed by atoms with Gasteiger partial charge in [0.25, 0.3) is 0 Å². The Morgan fingerprint density at radius 1 is 0.400 bits per heavy atom. The first-order valence-corrected chi connectivity index (χ1v) is 16.7. The van der Waals surface area contributed by atoms with E-state index in [2.05, 4.69) is 126 Å². The zero-order valence-electron chi connectivity index (χ0n) is 26.9. The third-order valence-electron chi connectivity index (χ3n) is 9.48. The van der Waals surface area contributed by atoms with Gasteiger partial charge in [0.1, 0.15) is 11.2 Å². The molecule has 3 heterocycles. The first-order chi connectivity index (χ1) is 24.8. The Kier molecular flexibility index (Phi) is 6.42. The highest BCUT2D eigenvalue weighted by atomic mass is 16.3. The predicted octanol–water partition coefficient (Wildman–Crippen LogP) is 11.5. The van der Waals surface area contributed by atoms with Crippen LogP contribution in [0.4, 0.5) is 0 Å². The molecular weight excluding hydrogens is 613 g/mol. The molecule has 0 aliphatic carbocycles. The van der Waals surface area contributed by atoms with E-state index in [9.17, 15) is 0 Å². The van der Waals surface area contributed by atoms with Crippen LogP contribution in [0.1, 0.15) is 0 Å². The largest absolute Gasteiger partial charge is 0.455 e. The summed E-state index contributed by atoms with van der Waals surface area (Å²) in [6.45, 7) is 0. The molecule has 234 valence electrons. The highest BCUT2D eigenvalue weighted by Crippen LogP contribution is 2.42. The maximum atomic E-state index is 6.57. The Bertz CT molecular complexity index is 2820. The number of para-hydroxylation sites is 3. The van der Waals surface area contributed by atoms with Crippen molar-refractivity contribution in [2.24, 2.45) is 0 Å². The van der Waals surface area contributed by atoms with Crippen LogP contribution < -0.4 is 0 Å². The second-order valence-corrected chi connectivity index (χ2v) is 12.4. The molecule has 0 unspecified atom stereocenters. The summed E-state index contributed by atoms with van der Waals surface area (Å²) < 4.78 is 8.72. The van der Waals surface area contributed by atoms with Crippen LogP contribution in [0.15, 0.2) is 174 Å². The SMILES string of the molecule is c1ccc(-c2nc(-c3cccc(-c4ccc(-c5ccccc5)c5oc6ccccc6c45)c3)nc(-n3c4ccccc4c4ccccc43)n2)cc1. The molecule has 10 rings (SSSR count). The number of aromatic nitrogens is 4. The van der Waals surface area contributed by atoms with E-state index in [1.165, 1.54) is 0 Å². The number of hydrogen-bond acceptors (Lipinski definition) is 4. The summed E-state index contributed by atoms with van der Waals surface area (Å²) in [7, 11) is 0. The van der Waals surface area contributed by atoms with Crippen molar-refractivity contribution < 1.29 is 4.42 Å². The fourth-order valence-corrected chi connectivity index (χ4v) is 7.19. The van der Waals surface area contributed by atoms with E-state index in [4.69, 9.17) is 19.4 Å². The van der Waals surface area contributed by atoms with Crippen molar-refractivity contribution in [1.82, 2.24) is 19.5 Å². The van der Waals surface area contributed by atoms with Gasteiger partial charge < -0.3 is 4.42 Å². The molecule has 0 aliphatic heterocycles. The molecule has 10 aromatic rings. The van der Waals surface area contributed by atoms with Gasteiger partial charge in [0.05, 0.1) is 11.0 Å². The molecule has 5 nitrogen and oxygen atoms in total. The number of furan rings is 1. The van der Waals surface area contributed by atoms with Crippen LogP contribution in [0, 0.1) is 0 Å². The summed E-state index contributed by atoms with van der Waals surface area (Å²) in [5, 5.41) is 4.49. The average Bonchev–Trinajstić information content (AvgIpc) is 3.75. The van der Waals surface area contributed by atoms with Gasteiger partial charge in [-0.3, -0.25) is 4.57 Å². The number of rotatable bonds is 5. The lowest BCUT2D eigenvalue weighted by Gasteiger charge is -2.12. The lowest BCUT2D eigenvalue weighted by molar-refractivity contribution is 0.670. The van der Waals surface area contributed by atoms with Gasteiger partial charge in [0.15, 0.2) is 11.6 Å². The third kappa shape index (κ3) is 4.52. The monoisotopic (exact) mass is 640 g/mol. The minimum atomic E-state index is 0.576. The van der Waals surface area contributed by atoms with Crippen molar-refractivity contribution in [3.05, 3.63) is 170 Å². The minimum Gasteiger partial charge on any atom is -0.455 e. The summed E-state index contributed by atoms with van der Waals surface area (Å²) in [6, 6.07) is 58.5. The molecule has 0 aliphatic rings. The van der Waals surface area contributed by atoms with Gasteiger partial charge in [0, 0.05) is 38.2 Å². The van der Waals surface area contributed by atoms with Crippen LogP contribution >= 0.6 is 0 Å². The van der Waals surface area contributed by atoms with Gasteiger partial charge in [-0.1, -0.05) is 140 Å². The maximum absolute atomic E-state index is 6.57. The normalized spacial score (nSPS) is 11.6. The van der Waals surface area contributed by atoms with Crippen molar-refractivity contribution >= 4 is 43.7 Å². The van der Waals surface area contributed by atoms with Crippen LogP contribution in [0.5, 0.6) is 0 Å². The first-order valence-electron chi connectivity index (χ1n) is 16.7. The smallest absolute Gasteiger partial charge is 0.238 e. The van der Waals surface area contributed by atoms with Gasteiger partial charge in [-0.15, -0.1) is 0 Å². The topological polar surface area (TPSA) is 56.7 Å². The van der Waals surface area contributed by atoms with Crippen molar-refractivity contribution in [1.29, 1.82) is 0 Å². The number of fused-ring (bicyclic) bond motifs is 6. The molecule has 0 bridgehead atoms. The fourth-order valence-electron chi connectivity index (χ4n) is 7.19. The lowest BCUT2D eigenvalue weighted by Crippen LogP contribution is -2.06. The quantitative estimate of drug-likeness (QED) is 0.188. The Hall–Kier alpha value is -6.85. The molecule has 0 spiro atoms. The molecular formula is C45H28N4O. The Morgan fingerprint density at radius 3 is 1.66 bits per heavy atom. The summed E-state index contributed by atoms with van der Waals surface area (Å²) in [5.41, 5.74) is 9.99. The molecule has 0 atom stereocenters. The van der Waals surface area contributed by atoms with E-state index in [0.717, 1.165) is 77.1 Å². The second-order valence-electron chi connectivity index (χ2n) is 12.4. The van der Waals surface area contributed by atoms with E-state index in [1.54, 1.807) is 0 Å². The summed E-state index contributed by atoms with van der Waals surface area (Å²) in [5.74, 6) is 1.80. The molecule has 0 fully saturated rings. The van der Waals surface area contributed by atoms with Gasteiger partial charge in [-0.05, 0) is 47.0 Å². The first kappa shape index (κ1) is 28.2. The van der Waals surface area contributed by atoms with E-state index in [-0.39, 0.29) is 0 Å². The second kappa shape index (κ2) is 11.4. The molecule has 0 saturated heterocycles. The zero-order chi connectivity index (χ0) is 33.0. The van der Waals surface area contributed by atoms with Gasteiger partial charge in [-0.2, -0.15) is 9.97 Å². The van der Waals surface area contributed by atoms with E-state index >= 15 is 0 Å². The van der Waals surface area contributed by atoms with Crippen LogP contribution in [0.2, 0.25) is 0 Å². The fraction of sp³-hybridized carbons (Fsp3) is 0. The number of nitrogens with zero attached hydrogens (tertiary/aromatic N) is 4. The summed E-state index contributed by atoms with van der Waals surface area (Å²) in [4.78, 5) is 15.4. The Labute approximate surface area is 287 Å². The molecule has 3 aromatic heterocycles. The van der Waals surface area contributed by atoms with E-state index < -0.39 is 0 Å². The molecule has 50 heavy (non-hydrogen) atoms. The van der Waals surface area contributed by atoms with Crippen LogP contribution in [-0.2, 0) is 0 Å². The standard InChI is InChI=1S/C45H28N4O/c1-3-14-29(15-4-1)34-27-26-33(41-37-22-9-12-25-40(37)50-42(34)41)31-18-13-19-32(28-31)44-46-43(30-16-5-2-6-17-30)47-45(48-44)49-38-23-10-7-20-35(38)36-21-8-11-24-39(36)49/h1-28H. The molecule has 7 aromatic carbocycles. The predicted molar refractivity (Wildman–Crippen MR) is 203 cm³/mol. The summed E-state index contributed by atoms with van der Waals surface area (Å²) in [6.07, 6.45) is 0. The molecule has 0 N–H and O–H groups in total. The van der Waals surface area contributed by atoms with Crippen molar-refractivity contribution in [3.63, 3.8) is 0 Å². The lowest BCUT2D eigenvalue weighted by atomic mass is 9.94. The van der Waals surface area contributed by atoms with Gasteiger partial charge in [-0.25, -0.2) is 4.98 Å². The van der Waals surface area contributed by atoms with Crippen molar-refractivity contribution in [2.75, 3.05) is 0 Å². The Balaban J connectivity index is 1.20. The highest BCUT2D eigenvalue weighted by molar-refractivity contribution is 6.16. The van der Waals surface area contributed by atoms with Crippen molar-refractivity contribution in [2.45, 2.75) is 0 Å². The maximum Gasteiger partial charge on any atom is 0.238 e. The van der Waals surface area contributed by atoms with E-state index in [0.29, 0.717) is 17.6 Å². The zero-order valence-corrected chi connectivity index (χ0v) is 26.9. The van der Waals surface area contributed by atoms with Gasteiger partial charge >= 0.3 is 0 Å². The summed E-state index contributed by atoms with van der Waals surface area (Å²) >= 11 is 0. The minimum absolute atomic E-state index is 0.576. The Morgan fingerprint density at radius 2 is 0.940 bits per heavy atom. The third-order valence-corrected chi connectivity index (χ3v) is 9.48. The molecule has 0 saturated carbocycles. The number of benzene rings is 7. The van der Waals surface area contributed by atoms with Crippen LogP contribution in [-0.4, -0.2) is 19.5 Å². The van der Waals surface area contributed by atoms with Crippen molar-refractivity contribution in [3.8, 4) is 51.0 Å².